The van der Waals surface area contributed by atoms with Crippen LogP contribution in [-0.2, 0) is 11.3 Å². The highest BCUT2D eigenvalue weighted by atomic mass is 19.3. The van der Waals surface area contributed by atoms with Gasteiger partial charge in [-0.25, -0.2) is 0 Å². The van der Waals surface area contributed by atoms with Crippen LogP contribution in [0.4, 0.5) is 8.78 Å². The van der Waals surface area contributed by atoms with Crippen molar-refractivity contribution in [3.05, 3.63) is 65.4 Å². The van der Waals surface area contributed by atoms with Crippen molar-refractivity contribution >= 4 is 27.2 Å². The Labute approximate surface area is 138 Å². The Morgan fingerprint density at radius 3 is 2.33 bits per heavy atom. The molecule has 1 aliphatic heterocycles. The molecule has 120 valence electrons. The van der Waals surface area contributed by atoms with Gasteiger partial charge in [0, 0.05) is 10.8 Å². The van der Waals surface area contributed by atoms with Crippen LogP contribution in [-0.4, -0.2) is 4.40 Å². The van der Waals surface area contributed by atoms with Crippen molar-refractivity contribution in [1.29, 1.82) is 0 Å². The summed E-state index contributed by atoms with van der Waals surface area (Å²) in [5, 5.41) is 3.23. The fourth-order valence-electron chi connectivity index (χ4n) is 4.32. The van der Waals surface area contributed by atoms with Crippen LogP contribution in [0.15, 0.2) is 48.5 Å². The average Bonchev–Trinajstić information content (AvgIpc) is 2.99. The number of hydrogen-bond acceptors (Lipinski definition) is 0. The molecule has 2 aromatic heterocycles. The van der Waals surface area contributed by atoms with E-state index in [0.29, 0.717) is 5.56 Å². The first kappa shape index (κ1) is 14.0. The van der Waals surface area contributed by atoms with Gasteiger partial charge in [0.1, 0.15) is 0 Å². The third kappa shape index (κ3) is 1.32. The molecule has 0 saturated heterocycles. The largest absolute Gasteiger partial charge is 0.307 e. The fraction of sp³-hybridized carbons (Fsp3) is 0.238. The zero-order valence-corrected chi connectivity index (χ0v) is 13.8. The lowest BCUT2D eigenvalue weighted by molar-refractivity contribution is -0.0789. The molecule has 0 aliphatic carbocycles. The van der Waals surface area contributed by atoms with Crippen LogP contribution in [0.2, 0.25) is 0 Å². The summed E-state index contributed by atoms with van der Waals surface area (Å²) in [5.74, 6) is -2.92. The van der Waals surface area contributed by atoms with Gasteiger partial charge in [0.2, 0.25) is 0 Å². The highest BCUT2D eigenvalue weighted by molar-refractivity contribution is 6.15. The highest BCUT2D eigenvalue weighted by Gasteiger charge is 2.54. The van der Waals surface area contributed by atoms with Gasteiger partial charge in [-0.2, -0.15) is 8.78 Å². The molecule has 0 N–H and O–H groups in total. The van der Waals surface area contributed by atoms with Crippen LogP contribution in [0.3, 0.4) is 0 Å². The van der Waals surface area contributed by atoms with Crippen LogP contribution in [0.5, 0.6) is 0 Å². The molecule has 24 heavy (non-hydrogen) atoms. The first-order valence-electron chi connectivity index (χ1n) is 8.20. The molecule has 3 heteroatoms. The van der Waals surface area contributed by atoms with E-state index in [-0.39, 0.29) is 5.69 Å². The van der Waals surface area contributed by atoms with Crippen molar-refractivity contribution < 1.29 is 8.78 Å². The molecule has 0 amide bonds. The Bertz CT molecular complexity index is 1170. The maximum Gasteiger partial charge on any atom is 0.297 e. The van der Waals surface area contributed by atoms with Gasteiger partial charge in [0.15, 0.2) is 0 Å². The van der Waals surface area contributed by atoms with Crippen molar-refractivity contribution in [2.45, 2.75) is 32.1 Å². The minimum Gasteiger partial charge on any atom is -0.307 e. The maximum atomic E-state index is 15.3. The fourth-order valence-corrected chi connectivity index (χ4v) is 4.32. The Morgan fingerprint density at radius 2 is 1.58 bits per heavy atom. The summed E-state index contributed by atoms with van der Waals surface area (Å²) in [6.45, 7) is 5.35. The molecule has 2 aromatic carbocycles. The van der Waals surface area contributed by atoms with E-state index in [1.165, 1.54) is 0 Å². The Kier molecular flexibility index (Phi) is 2.31. The van der Waals surface area contributed by atoms with E-state index in [4.69, 9.17) is 0 Å². The second-order valence-corrected chi connectivity index (χ2v) is 7.34. The van der Waals surface area contributed by atoms with Gasteiger partial charge >= 0.3 is 0 Å². The van der Waals surface area contributed by atoms with Crippen LogP contribution < -0.4 is 0 Å². The molecular formula is C21H17F2N. The number of fused-ring (bicyclic) bond motifs is 3. The Morgan fingerprint density at radius 1 is 0.875 bits per heavy atom. The number of rotatable bonds is 0. The minimum absolute atomic E-state index is 0.0938. The maximum absolute atomic E-state index is 15.3. The second-order valence-electron chi connectivity index (χ2n) is 7.34. The Balaban J connectivity index is 2.24. The van der Waals surface area contributed by atoms with Crippen molar-refractivity contribution in [3.8, 4) is 0 Å². The molecule has 0 spiro atoms. The van der Waals surface area contributed by atoms with E-state index in [1.807, 2.05) is 36.4 Å². The Hall–Kier alpha value is -2.42. The third-order valence-corrected chi connectivity index (χ3v) is 5.74. The molecular weight excluding hydrogens is 304 g/mol. The predicted molar refractivity (Wildman–Crippen MR) is 94.1 cm³/mol. The summed E-state index contributed by atoms with van der Waals surface area (Å²) < 4.78 is 32.3. The van der Waals surface area contributed by atoms with E-state index in [2.05, 4.69) is 13.0 Å². The molecule has 0 radical (unpaired) electrons. The molecule has 0 fully saturated rings. The van der Waals surface area contributed by atoms with E-state index >= 15 is 8.78 Å². The van der Waals surface area contributed by atoms with Crippen LogP contribution >= 0.6 is 0 Å². The number of aromatic nitrogens is 1. The summed E-state index contributed by atoms with van der Waals surface area (Å²) in [6, 6.07) is 15.4. The van der Waals surface area contributed by atoms with E-state index < -0.39 is 11.3 Å². The van der Waals surface area contributed by atoms with Gasteiger partial charge in [0.05, 0.1) is 22.1 Å². The second kappa shape index (κ2) is 3.97. The summed E-state index contributed by atoms with van der Waals surface area (Å²) in [5.41, 5.74) is 2.47. The smallest absolute Gasteiger partial charge is 0.297 e. The number of alkyl halides is 2. The van der Waals surface area contributed by atoms with Crippen molar-refractivity contribution in [2.24, 2.45) is 0 Å². The van der Waals surface area contributed by atoms with Crippen LogP contribution in [0.1, 0.15) is 30.7 Å². The zero-order valence-electron chi connectivity index (χ0n) is 13.8. The molecule has 3 heterocycles. The normalized spacial score (nSPS) is 18.0. The molecule has 0 atom stereocenters. The summed E-state index contributed by atoms with van der Waals surface area (Å²) in [4.78, 5) is 0. The van der Waals surface area contributed by atoms with Crippen molar-refractivity contribution in [1.82, 2.24) is 4.40 Å². The number of halogens is 2. The first-order valence-corrected chi connectivity index (χ1v) is 8.20. The molecule has 1 aliphatic rings. The molecule has 0 unspecified atom stereocenters. The summed E-state index contributed by atoms with van der Waals surface area (Å²) >= 11 is 0. The monoisotopic (exact) mass is 321 g/mol. The molecule has 1 nitrogen and oxygen atoms in total. The highest BCUT2D eigenvalue weighted by Crippen LogP contribution is 2.53. The van der Waals surface area contributed by atoms with Gasteiger partial charge in [-0.15, -0.1) is 0 Å². The SMILES string of the molecule is Cc1ccc2c3c1c1ccccc1c1ccc(n13)C(F)(F)C2(C)C. The number of nitrogens with zero attached hydrogens (tertiary/aromatic N) is 1. The lowest BCUT2D eigenvalue weighted by atomic mass is 9.74. The standard InChI is InChI=1S/C21H17F2N/c1-12-8-9-15-19-18(12)14-7-5-4-6-13(14)16-10-11-17(24(16)19)21(22,23)20(15,2)3/h4-11H,1-3H3. The van der Waals surface area contributed by atoms with Crippen molar-refractivity contribution in [2.75, 3.05) is 0 Å². The number of benzene rings is 2. The van der Waals surface area contributed by atoms with Gasteiger partial charge in [-0.3, -0.25) is 0 Å². The number of hydrogen-bond donors (Lipinski definition) is 0. The van der Waals surface area contributed by atoms with Crippen LogP contribution in [0, 0.1) is 6.92 Å². The van der Waals surface area contributed by atoms with Gasteiger partial charge in [-0.1, -0.05) is 36.4 Å². The topological polar surface area (TPSA) is 4.41 Å². The predicted octanol–water partition coefficient (Wildman–Crippen LogP) is 5.94. The van der Waals surface area contributed by atoms with Crippen molar-refractivity contribution in [3.63, 3.8) is 0 Å². The lowest BCUT2D eigenvalue weighted by Gasteiger charge is -2.39. The van der Waals surface area contributed by atoms with Gasteiger partial charge in [0.25, 0.3) is 5.92 Å². The minimum atomic E-state index is -2.92. The zero-order chi connectivity index (χ0) is 16.9. The van der Waals surface area contributed by atoms with Gasteiger partial charge in [-0.05, 0) is 49.4 Å². The summed E-state index contributed by atoms with van der Waals surface area (Å²) in [6.07, 6.45) is 0. The van der Waals surface area contributed by atoms with E-state index in [0.717, 1.165) is 32.8 Å². The van der Waals surface area contributed by atoms with E-state index in [9.17, 15) is 0 Å². The first-order chi connectivity index (χ1) is 11.4. The lowest BCUT2D eigenvalue weighted by Crippen LogP contribution is -2.42. The number of aryl methyl sites for hydroxylation is 1. The number of pyridine rings is 1. The third-order valence-electron chi connectivity index (χ3n) is 5.74. The quantitative estimate of drug-likeness (QED) is 0.353. The van der Waals surface area contributed by atoms with Gasteiger partial charge < -0.3 is 4.40 Å². The molecule has 0 bridgehead atoms. The molecule has 5 rings (SSSR count). The molecule has 0 saturated carbocycles. The summed E-state index contributed by atoms with van der Waals surface area (Å²) in [7, 11) is 0. The molecule has 4 aromatic rings. The average molecular weight is 321 g/mol. The van der Waals surface area contributed by atoms with E-state index in [1.54, 1.807) is 24.3 Å². The van der Waals surface area contributed by atoms with Crippen LogP contribution in [0.25, 0.3) is 27.2 Å².